The highest BCUT2D eigenvalue weighted by Crippen LogP contribution is 1.96. The van der Waals surface area contributed by atoms with Crippen LogP contribution in [-0.2, 0) is 27.4 Å². The van der Waals surface area contributed by atoms with Gasteiger partial charge in [-0.2, -0.15) is 0 Å². The highest BCUT2D eigenvalue weighted by molar-refractivity contribution is 7.76. The Bertz CT molecular complexity index is 358. The van der Waals surface area contributed by atoms with Gasteiger partial charge < -0.3 is 10.2 Å². The molecular weight excluding hydrogens is 232 g/mol. The lowest BCUT2D eigenvalue weighted by Crippen LogP contribution is -2.29. The lowest BCUT2D eigenvalue weighted by Gasteiger charge is -2.04. The second-order valence-electron chi connectivity index (χ2n) is 2.90. The van der Waals surface area contributed by atoms with Gasteiger partial charge in [-0.25, -0.2) is 9.00 Å². The molecule has 6 nitrogen and oxygen atoms in total. The predicted octanol–water partition coefficient (Wildman–Crippen LogP) is -0.0393. The number of benzene rings is 1. The minimum absolute atomic E-state index is 0.0426. The summed E-state index contributed by atoms with van der Waals surface area (Å²) in [7, 11) is 0. The highest BCUT2D eigenvalue weighted by Gasteiger charge is 2.03. The monoisotopic (exact) mass is 244 g/mol. The molecule has 0 amide bonds. The number of hydrogen-bond acceptors (Lipinski definition) is 4. The Morgan fingerprint density at radius 1 is 1.38 bits per heavy atom. The number of carbonyl (C=O) groups excluding carboxylic acids is 1. The van der Waals surface area contributed by atoms with Crippen molar-refractivity contribution in [3.05, 3.63) is 35.9 Å². The SMILES string of the molecule is O=C(CNCc1ccccc1)ONS(=O)O. The molecule has 1 aromatic carbocycles. The van der Waals surface area contributed by atoms with Gasteiger partial charge in [-0.1, -0.05) is 30.3 Å². The van der Waals surface area contributed by atoms with E-state index in [0.717, 1.165) is 5.56 Å². The van der Waals surface area contributed by atoms with Crippen molar-refractivity contribution in [3.8, 4) is 0 Å². The van der Waals surface area contributed by atoms with Gasteiger partial charge in [0, 0.05) is 6.54 Å². The Labute approximate surface area is 95.4 Å². The molecule has 16 heavy (non-hydrogen) atoms. The second-order valence-corrected chi connectivity index (χ2v) is 3.56. The quantitative estimate of drug-likeness (QED) is 0.483. The average molecular weight is 244 g/mol. The lowest BCUT2D eigenvalue weighted by atomic mass is 10.2. The molecule has 3 N–H and O–H groups in total. The molecule has 1 aromatic rings. The van der Waals surface area contributed by atoms with E-state index >= 15 is 0 Å². The van der Waals surface area contributed by atoms with Crippen molar-refractivity contribution in [2.75, 3.05) is 6.54 Å². The lowest BCUT2D eigenvalue weighted by molar-refractivity contribution is -0.146. The van der Waals surface area contributed by atoms with E-state index in [-0.39, 0.29) is 6.54 Å². The van der Waals surface area contributed by atoms with Crippen molar-refractivity contribution in [1.82, 2.24) is 10.2 Å². The van der Waals surface area contributed by atoms with Crippen LogP contribution in [0.2, 0.25) is 0 Å². The van der Waals surface area contributed by atoms with Crippen molar-refractivity contribution < 1.29 is 18.4 Å². The summed E-state index contributed by atoms with van der Waals surface area (Å²) in [6.07, 6.45) is 0. The Morgan fingerprint density at radius 3 is 2.69 bits per heavy atom. The summed E-state index contributed by atoms with van der Waals surface area (Å²) in [5, 5.41) is 2.83. The smallest absolute Gasteiger partial charge is 0.339 e. The van der Waals surface area contributed by atoms with Crippen LogP contribution in [0.5, 0.6) is 0 Å². The van der Waals surface area contributed by atoms with Crippen LogP contribution in [-0.4, -0.2) is 21.3 Å². The average Bonchev–Trinajstić information content (AvgIpc) is 2.28. The molecule has 0 aliphatic carbocycles. The molecule has 0 aromatic heterocycles. The van der Waals surface area contributed by atoms with E-state index in [2.05, 4.69) is 10.2 Å². The Hall–Kier alpha value is -1.28. The molecule has 1 rings (SSSR count). The van der Waals surface area contributed by atoms with Crippen LogP contribution in [0.1, 0.15) is 5.56 Å². The zero-order valence-corrected chi connectivity index (χ0v) is 9.20. The molecule has 0 bridgehead atoms. The molecule has 0 fully saturated rings. The van der Waals surface area contributed by atoms with Gasteiger partial charge >= 0.3 is 5.97 Å². The first-order valence-electron chi connectivity index (χ1n) is 4.49. The molecule has 0 aliphatic rings. The Kier molecular flexibility index (Phi) is 5.65. The second kappa shape index (κ2) is 7.07. The van der Waals surface area contributed by atoms with Crippen molar-refractivity contribution in [1.29, 1.82) is 0 Å². The topological polar surface area (TPSA) is 87.7 Å². The van der Waals surface area contributed by atoms with Gasteiger partial charge in [0.2, 0.25) is 0 Å². The fourth-order valence-electron chi connectivity index (χ4n) is 1.02. The fourth-order valence-corrected chi connectivity index (χ4v) is 1.19. The molecule has 0 saturated carbocycles. The van der Waals surface area contributed by atoms with Crippen LogP contribution in [0, 0.1) is 0 Å². The van der Waals surface area contributed by atoms with Gasteiger partial charge in [-0.05, 0) is 10.4 Å². The largest absolute Gasteiger partial charge is 0.355 e. The summed E-state index contributed by atoms with van der Waals surface area (Å²) in [5.41, 5.74) is 1.04. The molecule has 88 valence electrons. The molecule has 0 aliphatic heterocycles. The Balaban J connectivity index is 2.16. The van der Waals surface area contributed by atoms with E-state index in [1.165, 1.54) is 0 Å². The van der Waals surface area contributed by atoms with Crippen LogP contribution < -0.4 is 10.2 Å². The first kappa shape index (κ1) is 12.8. The maximum Gasteiger partial charge on any atom is 0.339 e. The van der Waals surface area contributed by atoms with Crippen molar-refractivity contribution >= 4 is 17.2 Å². The Morgan fingerprint density at radius 2 is 2.06 bits per heavy atom. The van der Waals surface area contributed by atoms with Crippen LogP contribution >= 0.6 is 0 Å². The van der Waals surface area contributed by atoms with Gasteiger partial charge in [0.15, 0.2) is 0 Å². The maximum atomic E-state index is 10.9. The summed E-state index contributed by atoms with van der Waals surface area (Å²) >= 11 is -2.35. The van der Waals surface area contributed by atoms with Crippen molar-refractivity contribution in [2.24, 2.45) is 0 Å². The third kappa shape index (κ3) is 5.56. The molecule has 1 atom stereocenters. The van der Waals surface area contributed by atoms with E-state index in [0.29, 0.717) is 6.54 Å². The van der Waals surface area contributed by atoms with Gasteiger partial charge in [-0.3, -0.25) is 4.55 Å². The molecule has 0 spiro atoms. The van der Waals surface area contributed by atoms with E-state index in [9.17, 15) is 9.00 Å². The number of rotatable bonds is 6. The third-order valence-corrected chi connectivity index (χ3v) is 1.89. The summed E-state index contributed by atoms with van der Waals surface area (Å²) in [4.78, 5) is 16.8. The molecule has 7 heteroatoms. The van der Waals surface area contributed by atoms with Gasteiger partial charge in [0.1, 0.15) is 0 Å². The first-order valence-corrected chi connectivity index (χ1v) is 5.60. The standard InChI is InChI=1S/C9H12N2O4S/c12-9(15-11-16(13)14)7-10-6-8-4-2-1-3-5-8/h1-5,10-11H,6-7H2,(H,13,14). The van der Waals surface area contributed by atoms with Crippen LogP contribution in [0.3, 0.4) is 0 Å². The molecule has 0 heterocycles. The summed E-state index contributed by atoms with van der Waals surface area (Å²) in [6.45, 7) is 0.483. The normalized spacial score (nSPS) is 12.1. The van der Waals surface area contributed by atoms with Crippen molar-refractivity contribution in [3.63, 3.8) is 0 Å². The van der Waals surface area contributed by atoms with E-state index in [1.54, 1.807) is 4.89 Å². The number of hydrogen-bond donors (Lipinski definition) is 3. The van der Waals surface area contributed by atoms with Gasteiger partial charge in [0.25, 0.3) is 11.3 Å². The number of nitrogens with one attached hydrogen (secondary N) is 2. The van der Waals surface area contributed by atoms with Crippen LogP contribution in [0.15, 0.2) is 30.3 Å². The number of carbonyl (C=O) groups is 1. The first-order chi connectivity index (χ1) is 7.68. The minimum atomic E-state index is -2.35. The molecule has 0 radical (unpaired) electrons. The summed E-state index contributed by atoms with van der Waals surface area (Å²) in [5.74, 6) is -0.654. The van der Waals surface area contributed by atoms with E-state index < -0.39 is 17.2 Å². The highest BCUT2D eigenvalue weighted by atomic mass is 32.2. The van der Waals surface area contributed by atoms with Crippen LogP contribution in [0.25, 0.3) is 0 Å². The predicted molar refractivity (Wildman–Crippen MR) is 58.1 cm³/mol. The molecular formula is C9H12N2O4S. The van der Waals surface area contributed by atoms with Crippen LogP contribution in [0.4, 0.5) is 0 Å². The summed E-state index contributed by atoms with van der Waals surface area (Å²) in [6, 6.07) is 9.52. The zero-order chi connectivity index (χ0) is 11.8. The summed E-state index contributed by atoms with van der Waals surface area (Å²) < 4.78 is 18.4. The van der Waals surface area contributed by atoms with E-state index in [1.807, 2.05) is 30.3 Å². The van der Waals surface area contributed by atoms with Gasteiger partial charge in [0.05, 0.1) is 6.54 Å². The van der Waals surface area contributed by atoms with Gasteiger partial charge in [-0.15, -0.1) is 0 Å². The minimum Gasteiger partial charge on any atom is -0.355 e. The fraction of sp³-hybridized carbons (Fsp3) is 0.222. The zero-order valence-electron chi connectivity index (χ0n) is 8.38. The maximum absolute atomic E-state index is 10.9. The third-order valence-electron chi connectivity index (χ3n) is 1.67. The molecule has 1 unspecified atom stereocenters. The molecule has 0 saturated heterocycles. The van der Waals surface area contributed by atoms with E-state index in [4.69, 9.17) is 4.55 Å². The van der Waals surface area contributed by atoms with Crippen molar-refractivity contribution in [2.45, 2.75) is 6.54 Å².